The van der Waals surface area contributed by atoms with Gasteiger partial charge < -0.3 is 10.4 Å². The smallest absolute Gasteiger partial charge is 0.325 e. The largest absolute Gasteiger partial charge is 0.480 e. The minimum absolute atomic E-state index is 0.161. The summed E-state index contributed by atoms with van der Waals surface area (Å²) >= 11 is 0. The predicted octanol–water partition coefficient (Wildman–Crippen LogP) is 0.763. The lowest BCUT2D eigenvalue weighted by Crippen LogP contribution is -2.46. The van der Waals surface area contributed by atoms with Crippen LogP contribution in [-0.2, 0) is 16.0 Å². The van der Waals surface area contributed by atoms with Crippen LogP contribution in [0.3, 0.4) is 0 Å². The number of aliphatic carboxylic acids is 1. The molecule has 1 aliphatic rings. The minimum Gasteiger partial charge on any atom is -0.480 e. The van der Waals surface area contributed by atoms with E-state index in [9.17, 15) is 18.8 Å². The second-order valence-corrected chi connectivity index (χ2v) is 4.85. The van der Waals surface area contributed by atoms with Crippen molar-refractivity contribution in [3.63, 3.8) is 0 Å². The zero-order chi connectivity index (χ0) is 14.9. The average molecular weight is 280 g/mol. The maximum atomic E-state index is 12.8. The second kappa shape index (κ2) is 4.92. The number of urea groups is 1. The van der Waals surface area contributed by atoms with Gasteiger partial charge in [0.05, 0.1) is 0 Å². The van der Waals surface area contributed by atoms with Crippen molar-refractivity contribution in [2.45, 2.75) is 18.9 Å². The quantitative estimate of drug-likeness (QED) is 0.797. The monoisotopic (exact) mass is 280 g/mol. The van der Waals surface area contributed by atoms with Gasteiger partial charge in [-0.3, -0.25) is 14.5 Å². The summed E-state index contributed by atoms with van der Waals surface area (Å²) in [7, 11) is 0. The van der Waals surface area contributed by atoms with E-state index in [1.165, 1.54) is 31.2 Å². The summed E-state index contributed by atoms with van der Waals surface area (Å²) in [6, 6.07) is 4.81. The van der Waals surface area contributed by atoms with Gasteiger partial charge in [0.1, 0.15) is 17.9 Å². The molecule has 0 spiro atoms. The molecule has 1 aromatic rings. The molecule has 106 valence electrons. The lowest BCUT2D eigenvalue weighted by atomic mass is 9.93. The Morgan fingerprint density at radius 1 is 1.35 bits per heavy atom. The number of nitrogens with zero attached hydrogens (tertiary/aromatic N) is 1. The fourth-order valence-corrected chi connectivity index (χ4v) is 2.16. The fraction of sp³-hybridized carbons (Fsp3) is 0.308. The van der Waals surface area contributed by atoms with E-state index < -0.39 is 35.8 Å². The van der Waals surface area contributed by atoms with Crippen molar-refractivity contribution >= 4 is 17.9 Å². The summed E-state index contributed by atoms with van der Waals surface area (Å²) in [6.07, 6.45) is 0.161. The van der Waals surface area contributed by atoms with Gasteiger partial charge in [-0.25, -0.2) is 9.18 Å². The number of carboxylic acids is 1. The average Bonchev–Trinajstić information content (AvgIpc) is 2.56. The van der Waals surface area contributed by atoms with Crippen molar-refractivity contribution in [2.75, 3.05) is 6.54 Å². The van der Waals surface area contributed by atoms with E-state index in [2.05, 4.69) is 5.32 Å². The first-order valence-electron chi connectivity index (χ1n) is 5.92. The third-order valence-electron chi connectivity index (χ3n) is 3.11. The molecule has 0 saturated carbocycles. The number of carboxylic acid groups (broad SMARTS) is 1. The van der Waals surface area contributed by atoms with Gasteiger partial charge in [0, 0.05) is 6.42 Å². The third kappa shape index (κ3) is 2.61. The molecule has 20 heavy (non-hydrogen) atoms. The molecule has 3 amide bonds. The van der Waals surface area contributed by atoms with Crippen LogP contribution in [0.5, 0.6) is 0 Å². The lowest BCUT2D eigenvalue weighted by Gasteiger charge is -2.21. The molecule has 1 aromatic carbocycles. The molecule has 0 radical (unpaired) electrons. The standard InChI is InChI=1S/C13H13FN2O4/c1-13(6-8-2-4-9(14)5-3-8)11(19)16(7-10(17)18)12(20)15-13/h2-5H,6-7H2,1H3,(H,15,20)(H,17,18). The minimum atomic E-state index is -1.26. The summed E-state index contributed by atoms with van der Waals surface area (Å²) in [5.74, 6) is -2.26. The number of amides is 3. The number of halogens is 1. The number of rotatable bonds is 4. The molecule has 1 atom stereocenters. The fourth-order valence-electron chi connectivity index (χ4n) is 2.16. The Hall–Kier alpha value is -2.44. The maximum absolute atomic E-state index is 12.8. The van der Waals surface area contributed by atoms with Crippen LogP contribution in [0.2, 0.25) is 0 Å². The summed E-state index contributed by atoms with van der Waals surface area (Å²) < 4.78 is 12.8. The molecule has 2 rings (SSSR count). The summed E-state index contributed by atoms with van der Waals surface area (Å²) in [6.45, 7) is 0.835. The third-order valence-corrected chi connectivity index (χ3v) is 3.11. The number of imide groups is 1. The Morgan fingerprint density at radius 3 is 2.50 bits per heavy atom. The van der Waals surface area contributed by atoms with Crippen molar-refractivity contribution in [3.8, 4) is 0 Å². The highest BCUT2D eigenvalue weighted by molar-refractivity contribution is 6.08. The molecule has 2 N–H and O–H groups in total. The van der Waals surface area contributed by atoms with Gasteiger partial charge in [-0.05, 0) is 24.6 Å². The Kier molecular flexibility index (Phi) is 3.44. The number of carbonyl (C=O) groups is 3. The van der Waals surface area contributed by atoms with Gasteiger partial charge in [0.25, 0.3) is 5.91 Å². The van der Waals surface area contributed by atoms with E-state index in [1.807, 2.05) is 0 Å². The first-order valence-corrected chi connectivity index (χ1v) is 5.92. The molecular weight excluding hydrogens is 267 g/mol. The van der Waals surface area contributed by atoms with Gasteiger partial charge in [0.15, 0.2) is 0 Å². The highest BCUT2D eigenvalue weighted by atomic mass is 19.1. The van der Waals surface area contributed by atoms with Gasteiger partial charge in [-0.2, -0.15) is 0 Å². The number of hydrogen-bond donors (Lipinski definition) is 2. The predicted molar refractivity (Wildman–Crippen MR) is 66.4 cm³/mol. The van der Waals surface area contributed by atoms with Crippen molar-refractivity contribution in [3.05, 3.63) is 35.6 Å². The molecule has 1 aliphatic heterocycles. The van der Waals surface area contributed by atoms with Crippen LogP contribution in [0, 0.1) is 5.82 Å². The van der Waals surface area contributed by atoms with Gasteiger partial charge in [0.2, 0.25) is 0 Å². The van der Waals surface area contributed by atoms with Gasteiger partial charge in [-0.15, -0.1) is 0 Å². The zero-order valence-corrected chi connectivity index (χ0v) is 10.7. The Labute approximate surface area is 114 Å². The number of hydrogen-bond acceptors (Lipinski definition) is 3. The van der Waals surface area contributed by atoms with Crippen LogP contribution in [0.1, 0.15) is 12.5 Å². The molecule has 0 bridgehead atoms. The maximum Gasteiger partial charge on any atom is 0.325 e. The number of carbonyl (C=O) groups excluding carboxylic acids is 2. The zero-order valence-electron chi connectivity index (χ0n) is 10.7. The van der Waals surface area contributed by atoms with Crippen molar-refractivity contribution in [1.29, 1.82) is 0 Å². The van der Waals surface area contributed by atoms with Crippen LogP contribution >= 0.6 is 0 Å². The Balaban J connectivity index is 2.18. The summed E-state index contributed by atoms with van der Waals surface area (Å²) in [5.41, 5.74) is -0.551. The van der Waals surface area contributed by atoms with E-state index in [-0.39, 0.29) is 6.42 Å². The van der Waals surface area contributed by atoms with E-state index >= 15 is 0 Å². The molecule has 1 fully saturated rings. The van der Waals surface area contributed by atoms with E-state index in [0.717, 1.165) is 0 Å². The molecule has 1 unspecified atom stereocenters. The lowest BCUT2D eigenvalue weighted by molar-refractivity contribution is -0.142. The summed E-state index contributed by atoms with van der Waals surface area (Å²) in [5, 5.41) is 11.2. The number of nitrogens with one attached hydrogen (secondary N) is 1. The molecule has 7 heteroatoms. The molecule has 0 aromatic heterocycles. The summed E-state index contributed by atoms with van der Waals surface area (Å²) in [4.78, 5) is 35.1. The first kappa shape index (κ1) is 14.0. The molecule has 0 aliphatic carbocycles. The Bertz CT molecular complexity index is 572. The van der Waals surface area contributed by atoms with Gasteiger partial charge >= 0.3 is 12.0 Å². The SMILES string of the molecule is CC1(Cc2ccc(F)cc2)NC(=O)N(CC(=O)O)C1=O. The first-order chi connectivity index (χ1) is 9.32. The topological polar surface area (TPSA) is 86.7 Å². The molecule has 6 nitrogen and oxygen atoms in total. The van der Waals surface area contributed by atoms with Crippen LogP contribution in [0.25, 0.3) is 0 Å². The van der Waals surface area contributed by atoms with E-state index in [1.54, 1.807) is 0 Å². The van der Waals surface area contributed by atoms with Gasteiger partial charge in [-0.1, -0.05) is 12.1 Å². The second-order valence-electron chi connectivity index (χ2n) is 4.85. The van der Waals surface area contributed by atoms with Crippen LogP contribution < -0.4 is 5.32 Å². The van der Waals surface area contributed by atoms with Crippen LogP contribution in [0.4, 0.5) is 9.18 Å². The molecule has 1 saturated heterocycles. The van der Waals surface area contributed by atoms with Crippen molar-refractivity contribution in [1.82, 2.24) is 10.2 Å². The normalized spacial score (nSPS) is 22.0. The molecular formula is C13H13FN2O4. The highest BCUT2D eigenvalue weighted by Crippen LogP contribution is 2.22. The van der Waals surface area contributed by atoms with Crippen LogP contribution in [0.15, 0.2) is 24.3 Å². The van der Waals surface area contributed by atoms with E-state index in [0.29, 0.717) is 10.5 Å². The Morgan fingerprint density at radius 2 is 1.95 bits per heavy atom. The highest BCUT2D eigenvalue weighted by Gasteiger charge is 2.48. The molecule has 1 heterocycles. The van der Waals surface area contributed by atoms with E-state index in [4.69, 9.17) is 5.11 Å². The van der Waals surface area contributed by atoms with Crippen molar-refractivity contribution < 1.29 is 23.9 Å². The number of benzene rings is 1. The van der Waals surface area contributed by atoms with Crippen LogP contribution in [-0.4, -0.2) is 40.0 Å². The van der Waals surface area contributed by atoms with Crippen molar-refractivity contribution in [2.24, 2.45) is 0 Å².